The van der Waals surface area contributed by atoms with E-state index in [1.807, 2.05) is 43.3 Å². The molecule has 0 aliphatic carbocycles. The van der Waals surface area contributed by atoms with Crippen LogP contribution in [-0.2, 0) is 14.0 Å². The quantitative estimate of drug-likeness (QED) is 0.471. The molecular formula is C23H35NO4Si. The lowest BCUT2D eigenvalue weighted by molar-refractivity contribution is -0.157. The minimum atomic E-state index is -2.19. The van der Waals surface area contributed by atoms with E-state index < -0.39 is 32.2 Å². The second kappa shape index (κ2) is 8.07. The average molecular weight is 418 g/mol. The smallest absolute Gasteiger partial charge is 0.417 e. The third-order valence-corrected chi connectivity index (χ3v) is 10.0. The molecule has 160 valence electrons. The SMILES string of the molecule is C/C(=C\[C@@H]1[C@H](O[Si](C)(C)C(C)(C)C)C(=O)N1C(=O)OC(C)(C)C)c1ccccc1. The van der Waals surface area contributed by atoms with Crippen molar-refractivity contribution in [1.29, 1.82) is 0 Å². The topological polar surface area (TPSA) is 55.8 Å². The molecule has 2 amide bonds. The van der Waals surface area contributed by atoms with Gasteiger partial charge in [0.25, 0.3) is 5.91 Å². The van der Waals surface area contributed by atoms with Crippen LogP contribution in [0, 0.1) is 0 Å². The van der Waals surface area contributed by atoms with Crippen LogP contribution in [-0.4, -0.2) is 43.0 Å². The number of ether oxygens (including phenoxy) is 1. The van der Waals surface area contributed by atoms with E-state index in [1.165, 1.54) is 4.90 Å². The third-order valence-electron chi connectivity index (χ3n) is 5.56. The molecule has 2 rings (SSSR count). The maximum Gasteiger partial charge on any atom is 0.417 e. The Balaban J connectivity index is 2.36. The number of benzene rings is 1. The maximum absolute atomic E-state index is 12.9. The standard InChI is InChI=1S/C23H35NO4Si/c1-16(17-13-11-10-12-14-17)15-18-19(28-29(8,9)23(5,6)7)20(25)24(18)21(26)27-22(2,3)4/h10-15,18-19H,1-9H3/b16-15+/t18-,19+/m1/s1. The summed E-state index contributed by atoms with van der Waals surface area (Å²) >= 11 is 0. The molecule has 0 saturated carbocycles. The summed E-state index contributed by atoms with van der Waals surface area (Å²) in [5, 5.41) is -0.0393. The first kappa shape index (κ1) is 23.4. The lowest BCUT2D eigenvalue weighted by atomic mass is 9.94. The van der Waals surface area contributed by atoms with Gasteiger partial charge in [-0.1, -0.05) is 57.2 Å². The number of hydrogen-bond acceptors (Lipinski definition) is 4. The highest BCUT2D eigenvalue weighted by Gasteiger charge is 2.55. The maximum atomic E-state index is 12.9. The molecule has 0 spiro atoms. The second-order valence-electron chi connectivity index (χ2n) is 10.2. The number of amides is 2. The normalized spacial score (nSPS) is 21.1. The number of nitrogens with zero attached hydrogens (tertiary/aromatic N) is 1. The van der Waals surface area contributed by atoms with E-state index in [-0.39, 0.29) is 10.9 Å². The van der Waals surface area contributed by atoms with Gasteiger partial charge in [-0.25, -0.2) is 9.69 Å². The summed E-state index contributed by atoms with van der Waals surface area (Å²) in [5.41, 5.74) is 1.36. The molecule has 0 bridgehead atoms. The van der Waals surface area contributed by atoms with Crippen LogP contribution in [0.2, 0.25) is 18.1 Å². The summed E-state index contributed by atoms with van der Waals surface area (Å²) in [4.78, 5) is 26.8. The van der Waals surface area contributed by atoms with E-state index in [0.717, 1.165) is 11.1 Å². The monoisotopic (exact) mass is 417 g/mol. The number of hydrogen-bond donors (Lipinski definition) is 0. The molecule has 0 aromatic heterocycles. The molecule has 0 radical (unpaired) electrons. The zero-order chi connectivity index (χ0) is 22.2. The molecule has 1 saturated heterocycles. The first-order valence-electron chi connectivity index (χ1n) is 10.1. The van der Waals surface area contributed by atoms with Gasteiger partial charge in [-0.15, -0.1) is 0 Å². The fraction of sp³-hybridized carbons (Fsp3) is 0.565. The van der Waals surface area contributed by atoms with Crippen molar-refractivity contribution < 1.29 is 18.8 Å². The fourth-order valence-electron chi connectivity index (χ4n) is 2.84. The van der Waals surface area contributed by atoms with Crippen LogP contribution in [0.1, 0.15) is 54.0 Å². The predicted molar refractivity (Wildman–Crippen MR) is 119 cm³/mol. The number of imide groups is 1. The van der Waals surface area contributed by atoms with Crippen molar-refractivity contribution in [2.75, 3.05) is 0 Å². The summed E-state index contributed by atoms with van der Waals surface area (Å²) < 4.78 is 11.9. The molecule has 5 nitrogen and oxygen atoms in total. The first-order valence-corrected chi connectivity index (χ1v) is 13.0. The molecule has 29 heavy (non-hydrogen) atoms. The van der Waals surface area contributed by atoms with Crippen LogP contribution in [0.4, 0.5) is 4.79 Å². The number of allylic oxidation sites excluding steroid dienone is 1. The molecule has 0 N–H and O–H groups in total. The molecule has 6 heteroatoms. The second-order valence-corrected chi connectivity index (χ2v) is 14.9. The number of rotatable bonds is 4. The summed E-state index contributed by atoms with van der Waals surface area (Å²) in [7, 11) is -2.19. The number of β-lactam (4-membered cyclic amide) rings is 1. The Morgan fingerprint density at radius 1 is 1.07 bits per heavy atom. The molecule has 0 unspecified atom stereocenters. The van der Waals surface area contributed by atoms with Gasteiger partial charge < -0.3 is 9.16 Å². The van der Waals surface area contributed by atoms with Crippen molar-refractivity contribution in [2.45, 2.75) is 84.3 Å². The predicted octanol–water partition coefficient (Wildman–Crippen LogP) is 5.63. The Bertz CT molecular complexity index is 787. The van der Waals surface area contributed by atoms with E-state index in [2.05, 4.69) is 33.9 Å². The Kier molecular flexibility index (Phi) is 6.50. The van der Waals surface area contributed by atoms with Crippen LogP contribution in [0.5, 0.6) is 0 Å². The fourth-order valence-corrected chi connectivity index (χ4v) is 4.06. The van der Waals surface area contributed by atoms with Crippen molar-refractivity contribution >= 4 is 25.9 Å². The van der Waals surface area contributed by atoms with Gasteiger partial charge in [-0.2, -0.15) is 0 Å². The highest BCUT2D eigenvalue weighted by molar-refractivity contribution is 6.74. The van der Waals surface area contributed by atoms with Gasteiger partial charge in [0.1, 0.15) is 11.7 Å². The Hall–Kier alpha value is -1.92. The van der Waals surface area contributed by atoms with Gasteiger partial charge in [0, 0.05) is 0 Å². The van der Waals surface area contributed by atoms with Crippen molar-refractivity contribution in [3.63, 3.8) is 0 Å². The Morgan fingerprint density at radius 2 is 1.62 bits per heavy atom. The van der Waals surface area contributed by atoms with E-state index in [4.69, 9.17) is 9.16 Å². The van der Waals surface area contributed by atoms with Crippen LogP contribution in [0.3, 0.4) is 0 Å². The van der Waals surface area contributed by atoms with Crippen molar-refractivity contribution in [3.8, 4) is 0 Å². The molecule has 1 aliphatic heterocycles. The number of likely N-dealkylation sites (tertiary alicyclic amines) is 1. The van der Waals surface area contributed by atoms with E-state index in [9.17, 15) is 9.59 Å². The zero-order valence-electron chi connectivity index (χ0n) is 19.2. The summed E-state index contributed by atoms with van der Waals surface area (Å²) in [6.45, 7) is 18.0. The molecule has 1 aliphatic rings. The molecular weight excluding hydrogens is 382 g/mol. The van der Waals surface area contributed by atoms with Crippen LogP contribution < -0.4 is 0 Å². The number of carbonyl (C=O) groups excluding carboxylic acids is 2. The molecule has 1 aromatic carbocycles. The van der Waals surface area contributed by atoms with Crippen LogP contribution >= 0.6 is 0 Å². The largest absolute Gasteiger partial charge is 0.443 e. The molecule has 1 fully saturated rings. The van der Waals surface area contributed by atoms with Crippen LogP contribution in [0.25, 0.3) is 5.57 Å². The minimum Gasteiger partial charge on any atom is -0.443 e. The summed E-state index contributed by atoms with van der Waals surface area (Å²) in [6, 6.07) is 9.43. The van der Waals surface area contributed by atoms with Crippen LogP contribution in [0.15, 0.2) is 36.4 Å². The van der Waals surface area contributed by atoms with Gasteiger partial charge in [0.15, 0.2) is 8.32 Å². The van der Waals surface area contributed by atoms with Gasteiger partial charge in [-0.05, 0) is 57.0 Å². The lowest BCUT2D eigenvalue weighted by Crippen LogP contribution is -2.69. The lowest BCUT2D eigenvalue weighted by Gasteiger charge is -2.49. The highest BCUT2D eigenvalue weighted by atomic mass is 28.4. The van der Waals surface area contributed by atoms with E-state index in [1.54, 1.807) is 20.8 Å². The first-order chi connectivity index (χ1) is 13.1. The Morgan fingerprint density at radius 3 is 2.10 bits per heavy atom. The summed E-state index contributed by atoms with van der Waals surface area (Å²) in [6.07, 6.45) is 0.653. The molecule has 1 aromatic rings. The minimum absolute atomic E-state index is 0.0393. The van der Waals surface area contributed by atoms with Gasteiger partial charge in [0.05, 0.1) is 6.04 Å². The zero-order valence-corrected chi connectivity index (χ0v) is 20.2. The van der Waals surface area contributed by atoms with Crippen molar-refractivity contribution in [3.05, 3.63) is 42.0 Å². The molecule has 1 heterocycles. The Labute approximate surface area is 176 Å². The third kappa shape index (κ3) is 5.37. The van der Waals surface area contributed by atoms with E-state index >= 15 is 0 Å². The van der Waals surface area contributed by atoms with Gasteiger partial charge in [-0.3, -0.25) is 4.79 Å². The molecule has 2 atom stereocenters. The number of carbonyl (C=O) groups is 2. The summed E-state index contributed by atoms with van der Waals surface area (Å²) in [5.74, 6) is -0.328. The average Bonchev–Trinajstić information content (AvgIpc) is 2.57. The van der Waals surface area contributed by atoms with Crippen molar-refractivity contribution in [2.24, 2.45) is 0 Å². The van der Waals surface area contributed by atoms with Gasteiger partial charge in [0.2, 0.25) is 0 Å². The highest BCUT2D eigenvalue weighted by Crippen LogP contribution is 2.40. The van der Waals surface area contributed by atoms with E-state index in [0.29, 0.717) is 0 Å². The van der Waals surface area contributed by atoms with Gasteiger partial charge >= 0.3 is 6.09 Å². The van der Waals surface area contributed by atoms with Crippen molar-refractivity contribution in [1.82, 2.24) is 4.90 Å².